The highest BCUT2D eigenvalue weighted by Gasteiger charge is 2.26. The van der Waals surface area contributed by atoms with Crippen molar-refractivity contribution in [2.45, 2.75) is 52.2 Å². The van der Waals surface area contributed by atoms with Gasteiger partial charge in [-0.05, 0) is 37.8 Å². The molecule has 2 rings (SSSR count). The molecule has 0 bridgehead atoms. The van der Waals surface area contributed by atoms with Gasteiger partial charge in [0, 0.05) is 12.5 Å². The van der Waals surface area contributed by atoms with Crippen molar-refractivity contribution in [3.8, 4) is 5.75 Å². The zero-order valence-corrected chi connectivity index (χ0v) is 11.1. The topological polar surface area (TPSA) is 35.2 Å². The Hall–Kier alpha value is -1.02. The Morgan fingerprint density at radius 1 is 1.47 bits per heavy atom. The highest BCUT2D eigenvalue weighted by atomic mass is 16.5. The van der Waals surface area contributed by atoms with Gasteiger partial charge in [0.25, 0.3) is 0 Å². The minimum Gasteiger partial charge on any atom is -0.490 e. The zero-order chi connectivity index (χ0) is 12.4. The number of rotatable bonds is 4. The summed E-state index contributed by atoms with van der Waals surface area (Å²) in [6.07, 6.45) is 3.57. The minimum absolute atomic E-state index is 0.258. The molecule has 0 saturated heterocycles. The molecule has 1 aromatic rings. The summed E-state index contributed by atoms with van der Waals surface area (Å²) in [5, 5.41) is 0. The Morgan fingerprint density at radius 3 is 2.88 bits per heavy atom. The van der Waals surface area contributed by atoms with Crippen molar-refractivity contribution >= 4 is 0 Å². The lowest BCUT2D eigenvalue weighted by Crippen LogP contribution is -2.30. The van der Waals surface area contributed by atoms with Crippen molar-refractivity contribution < 1.29 is 4.74 Å². The Morgan fingerprint density at radius 2 is 2.24 bits per heavy atom. The van der Waals surface area contributed by atoms with Crippen molar-refractivity contribution in [3.05, 3.63) is 29.3 Å². The van der Waals surface area contributed by atoms with Gasteiger partial charge in [0.2, 0.25) is 0 Å². The Kier molecular flexibility index (Phi) is 3.72. The van der Waals surface area contributed by atoms with Crippen LogP contribution in [0.1, 0.15) is 37.8 Å². The van der Waals surface area contributed by atoms with Crippen LogP contribution in [0.3, 0.4) is 0 Å². The Balaban J connectivity index is 2.00. The standard InChI is InChI=1S/C15H23NO/c1-4-12(11(3)16)8-14-9-13-7-10(2)5-6-15(13)17-14/h5-7,11-12,14H,4,8-9,16H2,1-3H3. The van der Waals surface area contributed by atoms with Gasteiger partial charge >= 0.3 is 0 Å². The van der Waals surface area contributed by atoms with E-state index >= 15 is 0 Å². The molecule has 17 heavy (non-hydrogen) atoms. The molecule has 2 nitrogen and oxygen atoms in total. The summed E-state index contributed by atoms with van der Waals surface area (Å²) in [6, 6.07) is 6.71. The van der Waals surface area contributed by atoms with Gasteiger partial charge < -0.3 is 10.5 Å². The third-order valence-corrected chi connectivity index (χ3v) is 3.79. The van der Waals surface area contributed by atoms with Gasteiger partial charge in [0.1, 0.15) is 11.9 Å². The van der Waals surface area contributed by atoms with Crippen LogP contribution in [-0.4, -0.2) is 12.1 Å². The lowest BCUT2D eigenvalue weighted by atomic mass is 9.91. The number of nitrogens with two attached hydrogens (primary N) is 1. The fraction of sp³-hybridized carbons (Fsp3) is 0.600. The van der Waals surface area contributed by atoms with Crippen molar-refractivity contribution in [2.75, 3.05) is 0 Å². The van der Waals surface area contributed by atoms with Crippen molar-refractivity contribution in [1.82, 2.24) is 0 Å². The van der Waals surface area contributed by atoms with Crippen LogP contribution in [0, 0.1) is 12.8 Å². The second-order valence-corrected chi connectivity index (χ2v) is 5.32. The average molecular weight is 233 g/mol. The Bertz CT molecular complexity index is 387. The third-order valence-electron chi connectivity index (χ3n) is 3.79. The molecule has 0 radical (unpaired) electrons. The predicted molar refractivity (Wildman–Crippen MR) is 71.3 cm³/mol. The average Bonchev–Trinajstić information content (AvgIpc) is 2.66. The van der Waals surface area contributed by atoms with E-state index in [2.05, 4.69) is 39.0 Å². The van der Waals surface area contributed by atoms with Gasteiger partial charge in [-0.3, -0.25) is 0 Å². The zero-order valence-electron chi connectivity index (χ0n) is 11.1. The molecule has 0 saturated carbocycles. The van der Waals surface area contributed by atoms with E-state index in [0.717, 1.165) is 25.0 Å². The van der Waals surface area contributed by atoms with Crippen LogP contribution >= 0.6 is 0 Å². The molecule has 1 aromatic carbocycles. The molecule has 0 aromatic heterocycles. The molecule has 3 atom stereocenters. The molecule has 94 valence electrons. The lowest BCUT2D eigenvalue weighted by molar-refractivity contribution is 0.183. The molecule has 0 amide bonds. The lowest BCUT2D eigenvalue weighted by Gasteiger charge is -2.22. The predicted octanol–water partition coefficient (Wildman–Crippen LogP) is 3.06. The number of aryl methyl sites for hydroxylation is 1. The van der Waals surface area contributed by atoms with Crippen LogP contribution in [0.2, 0.25) is 0 Å². The first-order chi connectivity index (χ1) is 8.10. The monoisotopic (exact) mass is 233 g/mol. The maximum absolute atomic E-state index is 6.00. The molecule has 0 spiro atoms. The van der Waals surface area contributed by atoms with Crippen LogP contribution < -0.4 is 10.5 Å². The summed E-state index contributed by atoms with van der Waals surface area (Å²) >= 11 is 0. The first-order valence-corrected chi connectivity index (χ1v) is 6.62. The van der Waals surface area contributed by atoms with Gasteiger partial charge in [-0.2, -0.15) is 0 Å². The van der Waals surface area contributed by atoms with E-state index < -0.39 is 0 Å². The first-order valence-electron chi connectivity index (χ1n) is 6.62. The number of hydrogen-bond acceptors (Lipinski definition) is 2. The first kappa shape index (κ1) is 12.4. The van der Waals surface area contributed by atoms with Gasteiger partial charge in [0.05, 0.1) is 0 Å². The summed E-state index contributed by atoms with van der Waals surface area (Å²) in [7, 11) is 0. The molecule has 0 aliphatic carbocycles. The molecule has 1 heterocycles. The molecular weight excluding hydrogens is 210 g/mol. The molecule has 1 aliphatic rings. The third kappa shape index (κ3) is 2.81. The van der Waals surface area contributed by atoms with Gasteiger partial charge in [-0.1, -0.05) is 31.0 Å². The maximum atomic E-state index is 6.00. The number of hydrogen-bond donors (Lipinski definition) is 1. The van der Waals surface area contributed by atoms with Crippen molar-refractivity contribution in [1.29, 1.82) is 0 Å². The summed E-state index contributed by atoms with van der Waals surface area (Å²) in [5.41, 5.74) is 8.67. The number of benzene rings is 1. The SMILES string of the molecule is CCC(CC1Cc2cc(C)ccc2O1)C(C)N. The normalized spacial score (nSPS) is 21.8. The molecule has 1 aliphatic heterocycles. The number of ether oxygens (including phenoxy) is 1. The van der Waals surface area contributed by atoms with E-state index in [1.807, 2.05) is 0 Å². The van der Waals surface area contributed by atoms with E-state index in [9.17, 15) is 0 Å². The quantitative estimate of drug-likeness (QED) is 0.867. The maximum Gasteiger partial charge on any atom is 0.123 e. The van der Waals surface area contributed by atoms with E-state index in [1.165, 1.54) is 11.1 Å². The smallest absolute Gasteiger partial charge is 0.123 e. The molecular formula is C15H23NO. The minimum atomic E-state index is 0.258. The van der Waals surface area contributed by atoms with Crippen LogP contribution in [0.4, 0.5) is 0 Å². The van der Waals surface area contributed by atoms with Crippen LogP contribution in [-0.2, 0) is 6.42 Å². The molecule has 2 N–H and O–H groups in total. The summed E-state index contributed by atoms with van der Waals surface area (Å²) in [5.74, 6) is 1.63. The molecule has 3 unspecified atom stereocenters. The largest absolute Gasteiger partial charge is 0.490 e. The van der Waals surface area contributed by atoms with Crippen molar-refractivity contribution in [3.63, 3.8) is 0 Å². The number of fused-ring (bicyclic) bond motifs is 1. The van der Waals surface area contributed by atoms with Crippen LogP contribution in [0.5, 0.6) is 5.75 Å². The van der Waals surface area contributed by atoms with Crippen LogP contribution in [0.15, 0.2) is 18.2 Å². The van der Waals surface area contributed by atoms with Gasteiger partial charge in [0.15, 0.2) is 0 Å². The molecule has 0 fully saturated rings. The van der Waals surface area contributed by atoms with E-state index in [0.29, 0.717) is 12.0 Å². The van der Waals surface area contributed by atoms with Crippen LogP contribution in [0.25, 0.3) is 0 Å². The second-order valence-electron chi connectivity index (χ2n) is 5.32. The van der Waals surface area contributed by atoms with E-state index in [4.69, 9.17) is 10.5 Å². The van der Waals surface area contributed by atoms with Gasteiger partial charge in [-0.15, -0.1) is 0 Å². The van der Waals surface area contributed by atoms with E-state index in [-0.39, 0.29) is 6.04 Å². The Labute approximate surface area is 104 Å². The summed E-state index contributed by atoms with van der Waals surface area (Å²) < 4.78 is 5.99. The highest BCUT2D eigenvalue weighted by Crippen LogP contribution is 2.32. The van der Waals surface area contributed by atoms with Crippen molar-refractivity contribution in [2.24, 2.45) is 11.7 Å². The fourth-order valence-electron chi connectivity index (χ4n) is 2.67. The van der Waals surface area contributed by atoms with E-state index in [1.54, 1.807) is 0 Å². The molecule has 2 heteroatoms. The summed E-state index contributed by atoms with van der Waals surface area (Å²) in [6.45, 7) is 6.44. The van der Waals surface area contributed by atoms with Gasteiger partial charge in [-0.25, -0.2) is 0 Å². The summed E-state index contributed by atoms with van der Waals surface area (Å²) in [4.78, 5) is 0. The second kappa shape index (κ2) is 5.09. The fourth-order valence-corrected chi connectivity index (χ4v) is 2.67. The highest BCUT2D eigenvalue weighted by molar-refractivity contribution is 5.40.